The number of hydrogen-bond donors (Lipinski definition) is 1. The largest absolute Gasteiger partial charge is 0.317 e. The summed E-state index contributed by atoms with van der Waals surface area (Å²) in [5.74, 6) is 0. The summed E-state index contributed by atoms with van der Waals surface area (Å²) in [6, 6.07) is 21.9. The molecule has 0 radical (unpaired) electrons. The molecule has 2 aromatic carbocycles. The molecular formula is C19H23N. The van der Waals surface area contributed by atoms with E-state index in [1.165, 1.54) is 36.8 Å². The van der Waals surface area contributed by atoms with Gasteiger partial charge < -0.3 is 5.32 Å². The third kappa shape index (κ3) is 3.29. The maximum absolute atomic E-state index is 3.51. The van der Waals surface area contributed by atoms with E-state index in [4.69, 9.17) is 0 Å². The van der Waals surface area contributed by atoms with Crippen LogP contribution in [-0.2, 0) is 12.8 Å². The van der Waals surface area contributed by atoms with E-state index in [2.05, 4.69) is 66.0 Å². The first-order valence-electron chi connectivity index (χ1n) is 7.65. The highest BCUT2D eigenvalue weighted by Crippen LogP contribution is 2.36. The van der Waals surface area contributed by atoms with Crippen molar-refractivity contribution in [2.75, 3.05) is 13.1 Å². The van der Waals surface area contributed by atoms with Gasteiger partial charge in [0.2, 0.25) is 0 Å². The predicted octanol–water partition coefficient (Wildman–Crippen LogP) is 3.84. The van der Waals surface area contributed by atoms with Crippen molar-refractivity contribution in [1.29, 1.82) is 0 Å². The molecule has 1 N–H and O–H groups in total. The maximum atomic E-state index is 3.51. The summed E-state index contributed by atoms with van der Waals surface area (Å²) in [5.41, 5.74) is 3.38. The molecule has 20 heavy (non-hydrogen) atoms. The van der Waals surface area contributed by atoms with Crippen LogP contribution in [0.1, 0.15) is 24.0 Å². The van der Waals surface area contributed by atoms with Crippen molar-refractivity contribution in [1.82, 2.24) is 5.32 Å². The molecule has 1 fully saturated rings. The Labute approximate surface area is 122 Å². The zero-order valence-electron chi connectivity index (χ0n) is 12.0. The second kappa shape index (κ2) is 6.23. The maximum Gasteiger partial charge on any atom is -0.00434 e. The number of hydrogen-bond acceptors (Lipinski definition) is 1. The van der Waals surface area contributed by atoms with E-state index in [-0.39, 0.29) is 0 Å². The van der Waals surface area contributed by atoms with E-state index in [9.17, 15) is 0 Å². The Morgan fingerprint density at radius 1 is 0.700 bits per heavy atom. The Hall–Kier alpha value is -1.60. The lowest BCUT2D eigenvalue weighted by Gasteiger charge is -2.38. The third-order valence-corrected chi connectivity index (χ3v) is 4.51. The zero-order valence-corrected chi connectivity index (χ0v) is 12.0. The van der Waals surface area contributed by atoms with Gasteiger partial charge in [-0.25, -0.2) is 0 Å². The van der Waals surface area contributed by atoms with Crippen LogP contribution in [0.4, 0.5) is 0 Å². The molecule has 1 saturated heterocycles. The standard InChI is InChI=1S/C19H23N/c1-3-7-17(8-4-1)15-19(11-13-20-14-12-19)16-18-9-5-2-6-10-18/h1-10,20H,11-16H2. The second-order valence-electron chi connectivity index (χ2n) is 6.07. The Kier molecular flexibility index (Phi) is 4.17. The normalized spacial score (nSPS) is 17.8. The lowest BCUT2D eigenvalue weighted by molar-refractivity contribution is 0.198. The molecular weight excluding hydrogens is 242 g/mol. The van der Waals surface area contributed by atoms with Crippen molar-refractivity contribution in [3.63, 3.8) is 0 Å². The molecule has 0 spiro atoms. The van der Waals surface area contributed by atoms with Crippen molar-refractivity contribution in [3.05, 3.63) is 71.8 Å². The molecule has 0 unspecified atom stereocenters. The smallest absolute Gasteiger partial charge is 0.00434 e. The zero-order chi connectivity index (χ0) is 13.7. The van der Waals surface area contributed by atoms with E-state index < -0.39 is 0 Å². The summed E-state index contributed by atoms with van der Waals surface area (Å²) in [7, 11) is 0. The van der Waals surface area contributed by atoms with Crippen LogP contribution in [0.2, 0.25) is 0 Å². The van der Waals surface area contributed by atoms with Crippen molar-refractivity contribution in [3.8, 4) is 0 Å². The Morgan fingerprint density at radius 2 is 1.15 bits per heavy atom. The molecule has 1 heteroatoms. The first-order chi connectivity index (χ1) is 9.86. The fourth-order valence-electron chi connectivity index (χ4n) is 3.43. The molecule has 0 saturated carbocycles. The summed E-state index contributed by atoms with van der Waals surface area (Å²) >= 11 is 0. The van der Waals surface area contributed by atoms with Gasteiger partial charge in [0.25, 0.3) is 0 Å². The number of piperidine rings is 1. The Balaban J connectivity index is 1.81. The minimum absolute atomic E-state index is 0.425. The van der Waals surface area contributed by atoms with Gasteiger partial charge in [0.05, 0.1) is 0 Å². The first kappa shape index (κ1) is 13.4. The summed E-state index contributed by atoms with van der Waals surface area (Å²) in [6.45, 7) is 2.30. The van der Waals surface area contributed by atoms with E-state index in [0.29, 0.717) is 5.41 Å². The molecule has 0 aliphatic carbocycles. The molecule has 0 amide bonds. The van der Waals surface area contributed by atoms with Crippen LogP contribution < -0.4 is 5.32 Å². The monoisotopic (exact) mass is 265 g/mol. The first-order valence-corrected chi connectivity index (χ1v) is 7.65. The van der Waals surface area contributed by atoms with Crippen LogP contribution >= 0.6 is 0 Å². The average molecular weight is 265 g/mol. The minimum atomic E-state index is 0.425. The van der Waals surface area contributed by atoms with Gasteiger partial charge in [-0.3, -0.25) is 0 Å². The van der Waals surface area contributed by atoms with Gasteiger partial charge in [0.15, 0.2) is 0 Å². The van der Waals surface area contributed by atoms with E-state index in [1.807, 2.05) is 0 Å². The molecule has 0 aromatic heterocycles. The lowest BCUT2D eigenvalue weighted by Crippen LogP contribution is -2.39. The lowest BCUT2D eigenvalue weighted by atomic mass is 9.70. The highest BCUT2D eigenvalue weighted by molar-refractivity contribution is 5.21. The summed E-state index contributed by atoms with van der Waals surface area (Å²) in [6.07, 6.45) is 4.95. The number of benzene rings is 2. The molecule has 0 bridgehead atoms. The van der Waals surface area contributed by atoms with Crippen molar-refractivity contribution < 1.29 is 0 Å². The van der Waals surface area contributed by atoms with Crippen LogP contribution in [-0.4, -0.2) is 13.1 Å². The fraction of sp³-hybridized carbons (Fsp3) is 0.368. The SMILES string of the molecule is c1ccc(CC2(Cc3ccccc3)CCNCC2)cc1. The highest BCUT2D eigenvalue weighted by atomic mass is 14.9. The van der Waals surface area contributed by atoms with Gasteiger partial charge >= 0.3 is 0 Å². The molecule has 1 heterocycles. The highest BCUT2D eigenvalue weighted by Gasteiger charge is 2.32. The number of nitrogens with one attached hydrogen (secondary N) is 1. The quantitative estimate of drug-likeness (QED) is 0.885. The summed E-state index contributed by atoms with van der Waals surface area (Å²) in [4.78, 5) is 0. The van der Waals surface area contributed by atoms with Gasteiger partial charge in [0.1, 0.15) is 0 Å². The molecule has 3 rings (SSSR count). The van der Waals surface area contributed by atoms with Crippen molar-refractivity contribution in [2.45, 2.75) is 25.7 Å². The van der Waals surface area contributed by atoms with Crippen molar-refractivity contribution >= 4 is 0 Å². The average Bonchev–Trinajstić information content (AvgIpc) is 2.50. The van der Waals surface area contributed by atoms with Crippen LogP contribution in [0, 0.1) is 5.41 Å². The van der Waals surface area contributed by atoms with Gasteiger partial charge in [-0.05, 0) is 55.3 Å². The second-order valence-corrected chi connectivity index (χ2v) is 6.07. The van der Waals surface area contributed by atoms with Crippen LogP contribution in [0.5, 0.6) is 0 Å². The van der Waals surface area contributed by atoms with Crippen LogP contribution in [0.15, 0.2) is 60.7 Å². The summed E-state index contributed by atoms with van der Waals surface area (Å²) in [5, 5.41) is 3.51. The van der Waals surface area contributed by atoms with Gasteiger partial charge in [-0.2, -0.15) is 0 Å². The topological polar surface area (TPSA) is 12.0 Å². The van der Waals surface area contributed by atoms with Gasteiger partial charge in [-0.1, -0.05) is 60.7 Å². The van der Waals surface area contributed by atoms with E-state index in [0.717, 1.165) is 13.1 Å². The molecule has 104 valence electrons. The van der Waals surface area contributed by atoms with Gasteiger partial charge in [-0.15, -0.1) is 0 Å². The Morgan fingerprint density at radius 3 is 1.60 bits per heavy atom. The van der Waals surface area contributed by atoms with Crippen LogP contribution in [0.25, 0.3) is 0 Å². The van der Waals surface area contributed by atoms with Crippen molar-refractivity contribution in [2.24, 2.45) is 5.41 Å². The third-order valence-electron chi connectivity index (χ3n) is 4.51. The predicted molar refractivity (Wildman–Crippen MR) is 84.8 cm³/mol. The van der Waals surface area contributed by atoms with Crippen LogP contribution in [0.3, 0.4) is 0 Å². The van der Waals surface area contributed by atoms with E-state index >= 15 is 0 Å². The molecule has 2 aromatic rings. The van der Waals surface area contributed by atoms with Gasteiger partial charge in [0, 0.05) is 0 Å². The molecule has 0 atom stereocenters. The minimum Gasteiger partial charge on any atom is -0.317 e. The molecule has 1 aliphatic heterocycles. The Bertz CT molecular complexity index is 468. The molecule has 1 aliphatic rings. The number of rotatable bonds is 4. The summed E-state index contributed by atoms with van der Waals surface area (Å²) < 4.78 is 0. The molecule has 1 nitrogen and oxygen atoms in total. The van der Waals surface area contributed by atoms with E-state index in [1.54, 1.807) is 0 Å². The fourth-order valence-corrected chi connectivity index (χ4v) is 3.43.